The molecule has 0 unspecified atom stereocenters. The normalized spacial score (nSPS) is 9.40. The van der Waals surface area contributed by atoms with Crippen LogP contribution in [-0.4, -0.2) is 91.2 Å². The van der Waals surface area contributed by atoms with Gasteiger partial charge in [-0.3, -0.25) is 85.2 Å². The van der Waals surface area contributed by atoms with E-state index in [-0.39, 0.29) is 63.3 Å². The summed E-state index contributed by atoms with van der Waals surface area (Å²) in [6, 6.07) is 91.6. The van der Waals surface area contributed by atoms with Crippen LogP contribution in [0.2, 0.25) is 0 Å². The number of nitrogens with one attached hydrogen (secondary N) is 3. The van der Waals surface area contributed by atoms with Gasteiger partial charge in [-0.2, -0.15) is 0 Å². The molecule has 0 radical (unpaired) electrons. The van der Waals surface area contributed by atoms with E-state index in [1.165, 1.54) is 153 Å². The number of halogens is 5. The predicted octanol–water partition coefficient (Wildman–Crippen LogP) is 26.7. The summed E-state index contributed by atoms with van der Waals surface area (Å²) in [4.78, 5) is 109. The molecule has 0 aliphatic rings. The number of rotatable bonds is 17. The molecule has 0 aliphatic heterocycles. The van der Waals surface area contributed by atoms with E-state index >= 15 is 0 Å². The maximum atomic E-state index is 11.8. The van der Waals surface area contributed by atoms with E-state index < -0.39 is 35.5 Å². The van der Waals surface area contributed by atoms with Gasteiger partial charge in [0.1, 0.15) is 0 Å². The molecule has 35 nitrogen and oxygen atoms in total. The van der Waals surface area contributed by atoms with Crippen molar-refractivity contribution in [3.63, 3.8) is 0 Å². The van der Waals surface area contributed by atoms with Crippen molar-refractivity contribution in [3.05, 3.63) is 429 Å². The fourth-order valence-electron chi connectivity index (χ4n) is 11.2. The third-order valence-corrected chi connectivity index (χ3v) is 20.0. The largest absolute Gasteiger partial charge is 0.481 e. The number of amides is 1. The molecule has 13 aromatic carbocycles. The highest BCUT2D eigenvalue weighted by Gasteiger charge is 2.15. The third kappa shape index (κ3) is 49.1. The van der Waals surface area contributed by atoms with Gasteiger partial charge in [0.15, 0.2) is 0 Å². The Kier molecular flexibility index (Phi) is 59.0. The van der Waals surface area contributed by atoms with Gasteiger partial charge in [0, 0.05) is 226 Å². The number of aromatic nitrogens is 2. The van der Waals surface area contributed by atoms with E-state index in [1.807, 2.05) is 178 Å². The minimum Gasteiger partial charge on any atom is -0.481 e. The lowest BCUT2D eigenvalue weighted by Crippen LogP contribution is -2.21. The summed E-state index contributed by atoms with van der Waals surface area (Å²) in [5.41, 5.74) is 46.8. The van der Waals surface area contributed by atoms with E-state index in [9.17, 15) is 80.4 Å². The molecule has 0 spiro atoms. The molecule has 15 aromatic rings. The number of carboxylic acids is 1. The van der Waals surface area contributed by atoms with E-state index in [1.54, 1.807) is 12.1 Å². The summed E-state index contributed by atoms with van der Waals surface area (Å²) in [5.74, 6) is 13.2. The number of hydrogen-bond donors (Lipinski definition) is 10. The van der Waals surface area contributed by atoms with Gasteiger partial charge < -0.3 is 59.7 Å². The number of aliphatic carboxylic acids is 1. The molecule has 0 fully saturated rings. The molecule has 0 atom stereocenters. The number of carboxylic acid groups (broad SMARTS) is 1. The van der Waals surface area contributed by atoms with Crippen molar-refractivity contribution in [1.29, 1.82) is 0 Å². The van der Waals surface area contributed by atoms with Gasteiger partial charge in [0.2, 0.25) is 11.1 Å². The molecule has 1 amide bonds. The Morgan fingerprint density at radius 3 is 1.00 bits per heavy atom. The van der Waals surface area contributed by atoms with Crippen molar-refractivity contribution in [2.45, 2.75) is 74.7 Å². The van der Waals surface area contributed by atoms with Gasteiger partial charge in [0.05, 0.1) is 51.3 Å². The molecule has 0 bridgehead atoms. The van der Waals surface area contributed by atoms with Crippen LogP contribution in [0.4, 0.5) is 79.6 Å². The number of carbonyl (C=O) groups excluding carboxylic acids is 2. The number of non-ortho nitro benzene ring substituents is 7. The average Bonchev–Trinajstić information content (AvgIpc) is 1.67. The summed E-state index contributed by atoms with van der Waals surface area (Å²) in [6.45, 7) is 15.0. The van der Waals surface area contributed by atoms with E-state index in [0.29, 0.717) is 67.0 Å². The zero-order valence-corrected chi connectivity index (χ0v) is 85.5. The second kappa shape index (κ2) is 69.0. The topological polar surface area (TPSA) is 576 Å². The van der Waals surface area contributed by atoms with Crippen molar-refractivity contribution in [3.8, 4) is 58.5 Å². The Labute approximate surface area is 874 Å². The van der Waals surface area contributed by atoms with Gasteiger partial charge in [-0.15, -0.1) is 6.42 Å². The first-order valence-electron chi connectivity index (χ1n) is 42.9. The number of benzene rings is 13. The number of terminal acetylenes is 1. The van der Waals surface area contributed by atoms with E-state index in [2.05, 4.69) is 149 Å². The van der Waals surface area contributed by atoms with Gasteiger partial charge in [-0.05, 0) is 208 Å². The lowest BCUT2D eigenvalue weighted by Gasteiger charge is -2.13. The molecule has 15 rings (SSSR count). The Balaban J connectivity index is 0.000000546. The number of hydrogen-bond acceptors (Lipinski definition) is 24. The number of H-pyrrole nitrogens is 2. The lowest BCUT2D eigenvalue weighted by molar-refractivity contribution is -0.385. The van der Waals surface area contributed by atoms with Gasteiger partial charge in [-0.25, -0.2) is 0 Å². The molecule has 145 heavy (non-hydrogen) atoms. The number of anilines is 7. The van der Waals surface area contributed by atoms with E-state index in [4.69, 9.17) is 62.3 Å². The molecular formula is C105H106Br4ClN17O18. The Morgan fingerprint density at radius 1 is 0.379 bits per heavy atom. The maximum Gasteiger partial charge on any atom is 0.300 e. The van der Waals surface area contributed by atoms with Gasteiger partial charge in [0.25, 0.3) is 45.8 Å². The quantitative estimate of drug-likeness (QED) is 0.0133. The first-order valence-corrected chi connectivity index (χ1v) is 48.6. The summed E-state index contributed by atoms with van der Waals surface area (Å²) >= 11 is 16.6. The minimum absolute atomic E-state index is 0. The zero-order valence-electron chi connectivity index (χ0n) is 78.4. The number of carbonyl (C=O) groups is 3. The number of aromatic amines is 2. The molecule has 2 heterocycles. The molecule has 40 heteroatoms. The van der Waals surface area contributed by atoms with Crippen LogP contribution in [0, 0.1) is 107 Å². The van der Waals surface area contributed by atoms with Crippen LogP contribution in [-0.2, 0) is 14.4 Å². The van der Waals surface area contributed by atoms with Crippen LogP contribution in [0.1, 0.15) is 102 Å². The number of nitrogens with two attached hydrogens (primary N) is 6. The van der Waals surface area contributed by atoms with Gasteiger partial charge >= 0.3 is 0 Å². The molecule has 2 aromatic heterocycles. The van der Waals surface area contributed by atoms with Crippen molar-refractivity contribution in [2.24, 2.45) is 0 Å². The summed E-state index contributed by atoms with van der Waals surface area (Å²) in [6.07, 6.45) is 7.57. The summed E-state index contributed by atoms with van der Waals surface area (Å²) in [5, 5.41) is 84.8. The number of nitrogens with zero attached hydrogens (tertiary/aromatic N) is 8. The van der Waals surface area contributed by atoms with Crippen LogP contribution >= 0.6 is 71.7 Å². The summed E-state index contributed by atoms with van der Waals surface area (Å²) in [7, 11) is 0. The number of fused-ring (bicyclic) bond motifs is 2. The fraction of sp³-hybridized carbons (Fsp3) is 0.133. The van der Waals surface area contributed by atoms with Crippen LogP contribution in [0.25, 0.3) is 44.3 Å². The van der Waals surface area contributed by atoms with Crippen molar-refractivity contribution >= 4 is 190 Å². The number of nitro benzene ring substituents is 7. The Morgan fingerprint density at radius 2 is 0.676 bits per heavy atom. The molecular weight excluding hydrogens is 2140 g/mol. The molecule has 16 N–H and O–H groups in total. The zero-order chi connectivity index (χ0) is 107. The average molecular weight is 2250 g/mol. The highest BCUT2D eigenvalue weighted by atomic mass is 80.9. The first-order chi connectivity index (χ1) is 68.7. The van der Waals surface area contributed by atoms with Crippen LogP contribution in [0.3, 0.4) is 0 Å². The molecule has 0 saturated carbocycles. The van der Waals surface area contributed by atoms with Crippen molar-refractivity contribution in [1.82, 2.24) is 14.9 Å². The van der Waals surface area contributed by atoms with Crippen molar-refractivity contribution in [2.75, 3.05) is 59.4 Å². The monoisotopic (exact) mass is 2240 g/mol. The SMILES string of the molecule is BrBr.C.C#Cc1ccccc1.CC(=O)O.CCCC(=O)Cl.CCCC(=O)Nc1ccc([N+](=O)[O-])cc1C#Cc1ccccc1.CCN(CC)CC.Nc1ccc([N+](=O)[O-])cc1.Nc1ccc([N+](=O)[O-])cc1.Nc1ccc([N+](=O)[O-])cc1Br.Nc1ccc([N+](=O)[O-])cc1Br.Nc1ccc([N+](=O)[O-])cc1C#Cc1ccccc1.Nc1ccc2[nH]c(-c3ccccc3)cc2c1.O=[N+]([O-])c1ccc2[nH]c(-c3ccccc3)cc2c1. The molecule has 0 saturated heterocycles. The highest BCUT2D eigenvalue weighted by molar-refractivity contribution is 9.93. The third-order valence-electron chi connectivity index (χ3n) is 18.4. The second-order valence-electron chi connectivity index (χ2n) is 28.9. The van der Waals surface area contributed by atoms with Crippen molar-refractivity contribution < 1.29 is 54.0 Å². The summed E-state index contributed by atoms with van der Waals surface area (Å²) < 4.78 is 1.10. The smallest absolute Gasteiger partial charge is 0.300 e. The van der Waals surface area contributed by atoms with E-state index in [0.717, 1.165) is 80.9 Å². The van der Waals surface area contributed by atoms with Gasteiger partial charge in [-0.1, -0.05) is 187 Å². The minimum atomic E-state index is -0.833. The lowest BCUT2D eigenvalue weighted by atomic mass is 10.1. The van der Waals surface area contributed by atoms with Crippen LogP contribution in [0.15, 0.2) is 330 Å². The molecule has 0 aliphatic carbocycles. The highest BCUT2D eigenvalue weighted by Crippen LogP contribution is 2.31. The molecule has 754 valence electrons. The Hall–Kier alpha value is -17.0. The first kappa shape index (κ1) is 124. The maximum absolute atomic E-state index is 11.8. The van der Waals surface area contributed by atoms with Crippen LogP contribution < -0.4 is 39.7 Å². The second-order valence-corrected chi connectivity index (χ2v) is 31.0. The number of nitro groups is 7. The number of nitrogen functional groups attached to an aromatic ring is 6. The predicted molar refractivity (Wildman–Crippen MR) is 594 cm³/mol. The Bertz CT molecular complexity index is 6730. The van der Waals surface area contributed by atoms with Crippen LogP contribution in [0.5, 0.6) is 0 Å². The standard InChI is InChI=1S/C18H16N2O3.2C14H10N2O2.C14H12N2.C8H6.2C6H5BrN2O2.2C6H6N2O2.C6H15N.C4H7ClO.C2H4O2.CH4.Br2/c1-2-6-18(21)19-17-12-11-16(20(22)23)13-15(17)10-9-14-7-4-3-5-8-14;17-16(18)12-6-7-13-11(8-12)9-14(15-13)10-4-2-1-3-5-10;15-14-9-8-13(16(17)18)10-12(14)7-6-11-4-2-1-3-5-11;15-12-6-7-13-11(8-12)9-14(16-13)10-4-2-1-3-5-10;1-2-8-6-4-3-5-7-8;2*7-5-3-4(9(10)11)1-2-6(5)8;2*7-5-1-3-6(4-2-5)8(9)10;1-4-7(5-2)6-3;1-2-3-4(5)6;1-2(3)4;;1-2/h3-5,7-8,11-13H,2,6H2,1H3,(H,19,21);1-9,15H;1-5,8-10H,15H2;1-9,16H,15H2;1,3-7H;2*1-3H,8H2;2*1-4H,7H2;4-6H2,1-3H3;2-3H2,1H3;1H3,(H,3,4);1H4;. The fourth-order valence-corrected chi connectivity index (χ4v) is 12.1.